The molecule has 2 rings (SSSR count). The highest BCUT2D eigenvalue weighted by atomic mass is 127. The van der Waals surface area contributed by atoms with Crippen LogP contribution in [0.2, 0.25) is 0 Å². The Morgan fingerprint density at radius 2 is 1.95 bits per heavy atom. The first-order valence-electron chi connectivity index (χ1n) is 8.35. The summed E-state index contributed by atoms with van der Waals surface area (Å²) in [5.74, 6) is 0.955. The second kappa shape index (κ2) is 9.18. The predicted octanol–water partition coefficient (Wildman–Crippen LogP) is 3.31. The maximum absolute atomic E-state index is 6.00. The second-order valence-electron chi connectivity index (χ2n) is 6.17. The Balaban J connectivity index is 0.00000220. The number of halogens is 1. The van der Waals surface area contributed by atoms with E-state index in [1.54, 1.807) is 0 Å². The van der Waals surface area contributed by atoms with E-state index in [1.165, 1.54) is 32.1 Å². The van der Waals surface area contributed by atoms with E-state index in [1.807, 2.05) is 7.05 Å². The summed E-state index contributed by atoms with van der Waals surface area (Å²) in [5.41, 5.74) is 0.359. The summed E-state index contributed by atoms with van der Waals surface area (Å²) < 4.78 is 6.00. The van der Waals surface area contributed by atoms with E-state index in [4.69, 9.17) is 4.74 Å². The standard InChI is InChI=1S/C16H31N3O.HI/c1-4-11-18-15(17-3)19-13-12-14(20-5-2)16(13)9-7-6-8-10-16;/h13-14H,4-12H2,1-3H3,(H2,17,18,19);1H. The van der Waals surface area contributed by atoms with Gasteiger partial charge in [0, 0.05) is 31.7 Å². The highest BCUT2D eigenvalue weighted by Crippen LogP contribution is 2.53. The van der Waals surface area contributed by atoms with Crippen LogP contribution >= 0.6 is 24.0 Å². The molecule has 5 heteroatoms. The Morgan fingerprint density at radius 1 is 1.24 bits per heavy atom. The molecule has 2 fully saturated rings. The molecule has 0 aromatic heterocycles. The number of nitrogens with one attached hydrogen (secondary N) is 2. The smallest absolute Gasteiger partial charge is 0.191 e. The summed E-state index contributed by atoms with van der Waals surface area (Å²) in [6.45, 7) is 6.10. The average molecular weight is 409 g/mol. The topological polar surface area (TPSA) is 45.7 Å². The largest absolute Gasteiger partial charge is 0.378 e. The molecule has 0 radical (unpaired) electrons. The van der Waals surface area contributed by atoms with Gasteiger partial charge in [0.2, 0.25) is 0 Å². The third-order valence-electron chi connectivity index (χ3n) is 5.01. The van der Waals surface area contributed by atoms with Crippen molar-refractivity contribution in [3.05, 3.63) is 0 Å². The Hall–Kier alpha value is -0.0400. The molecule has 0 heterocycles. The molecular formula is C16H32IN3O. The molecule has 124 valence electrons. The molecule has 0 aromatic carbocycles. The van der Waals surface area contributed by atoms with Crippen molar-refractivity contribution in [2.24, 2.45) is 10.4 Å². The lowest BCUT2D eigenvalue weighted by Crippen LogP contribution is -2.66. The van der Waals surface area contributed by atoms with Crippen LogP contribution in [0.5, 0.6) is 0 Å². The van der Waals surface area contributed by atoms with Gasteiger partial charge in [-0.05, 0) is 32.6 Å². The first kappa shape index (κ1) is 19.0. The predicted molar refractivity (Wildman–Crippen MR) is 99.5 cm³/mol. The van der Waals surface area contributed by atoms with Crippen LogP contribution in [0, 0.1) is 5.41 Å². The third-order valence-corrected chi connectivity index (χ3v) is 5.01. The lowest BCUT2D eigenvalue weighted by atomic mass is 9.55. The summed E-state index contributed by atoms with van der Waals surface area (Å²) in [6.07, 6.45) is 9.40. The molecule has 2 aliphatic rings. The number of nitrogens with zero attached hydrogens (tertiary/aromatic N) is 1. The highest BCUT2D eigenvalue weighted by molar-refractivity contribution is 14.0. The molecule has 21 heavy (non-hydrogen) atoms. The van der Waals surface area contributed by atoms with Gasteiger partial charge in [-0.25, -0.2) is 0 Å². The van der Waals surface area contributed by atoms with E-state index in [9.17, 15) is 0 Å². The van der Waals surface area contributed by atoms with Crippen LogP contribution < -0.4 is 10.6 Å². The fourth-order valence-corrected chi connectivity index (χ4v) is 3.87. The minimum atomic E-state index is 0. The summed E-state index contributed by atoms with van der Waals surface area (Å²) in [7, 11) is 1.86. The van der Waals surface area contributed by atoms with E-state index in [-0.39, 0.29) is 24.0 Å². The summed E-state index contributed by atoms with van der Waals surface area (Å²) in [4.78, 5) is 4.35. The van der Waals surface area contributed by atoms with Crippen molar-refractivity contribution in [2.45, 2.75) is 70.9 Å². The van der Waals surface area contributed by atoms with Crippen LogP contribution in [-0.2, 0) is 4.74 Å². The first-order valence-corrected chi connectivity index (χ1v) is 8.35. The van der Waals surface area contributed by atoms with Crippen molar-refractivity contribution >= 4 is 29.9 Å². The molecule has 2 atom stereocenters. The van der Waals surface area contributed by atoms with Crippen LogP contribution in [0.15, 0.2) is 4.99 Å². The average Bonchev–Trinajstić information content (AvgIpc) is 2.50. The number of guanidine groups is 1. The van der Waals surface area contributed by atoms with Crippen molar-refractivity contribution in [3.63, 3.8) is 0 Å². The molecule has 2 aliphatic carbocycles. The molecule has 4 nitrogen and oxygen atoms in total. The van der Waals surface area contributed by atoms with Crippen LogP contribution in [0.25, 0.3) is 0 Å². The number of hydrogen-bond donors (Lipinski definition) is 2. The summed E-state index contributed by atoms with van der Waals surface area (Å²) in [6, 6.07) is 0.530. The van der Waals surface area contributed by atoms with E-state index >= 15 is 0 Å². The van der Waals surface area contributed by atoms with Gasteiger partial charge in [0.15, 0.2) is 5.96 Å². The molecule has 0 aromatic rings. The van der Waals surface area contributed by atoms with Gasteiger partial charge in [0.05, 0.1) is 6.10 Å². The van der Waals surface area contributed by atoms with Gasteiger partial charge in [-0.3, -0.25) is 4.99 Å². The van der Waals surface area contributed by atoms with Crippen molar-refractivity contribution in [1.82, 2.24) is 10.6 Å². The molecular weight excluding hydrogens is 377 g/mol. The second-order valence-corrected chi connectivity index (χ2v) is 6.17. The van der Waals surface area contributed by atoms with Crippen molar-refractivity contribution in [1.29, 1.82) is 0 Å². The van der Waals surface area contributed by atoms with Crippen LogP contribution in [0.3, 0.4) is 0 Å². The monoisotopic (exact) mass is 409 g/mol. The van der Waals surface area contributed by atoms with E-state index in [2.05, 4.69) is 29.5 Å². The van der Waals surface area contributed by atoms with Crippen LogP contribution in [0.4, 0.5) is 0 Å². The van der Waals surface area contributed by atoms with Crippen molar-refractivity contribution < 1.29 is 4.74 Å². The normalized spacial score (nSPS) is 27.7. The van der Waals surface area contributed by atoms with Crippen molar-refractivity contribution in [3.8, 4) is 0 Å². The Morgan fingerprint density at radius 3 is 2.52 bits per heavy atom. The van der Waals surface area contributed by atoms with Crippen LogP contribution in [-0.4, -0.2) is 38.3 Å². The molecule has 2 unspecified atom stereocenters. The quantitative estimate of drug-likeness (QED) is 0.416. The van der Waals surface area contributed by atoms with Crippen molar-refractivity contribution in [2.75, 3.05) is 20.2 Å². The van der Waals surface area contributed by atoms with Crippen LogP contribution in [0.1, 0.15) is 58.8 Å². The zero-order chi connectivity index (χ0) is 14.4. The molecule has 2 saturated carbocycles. The van der Waals surface area contributed by atoms with E-state index in [0.29, 0.717) is 17.6 Å². The fraction of sp³-hybridized carbons (Fsp3) is 0.938. The molecule has 0 bridgehead atoms. The number of rotatable bonds is 5. The summed E-state index contributed by atoms with van der Waals surface area (Å²) >= 11 is 0. The number of hydrogen-bond acceptors (Lipinski definition) is 2. The lowest BCUT2D eigenvalue weighted by Gasteiger charge is -2.57. The van der Waals surface area contributed by atoms with Gasteiger partial charge >= 0.3 is 0 Å². The number of ether oxygens (including phenoxy) is 1. The Bertz CT molecular complexity index is 329. The van der Waals surface area contributed by atoms with Gasteiger partial charge < -0.3 is 15.4 Å². The minimum Gasteiger partial charge on any atom is -0.378 e. The molecule has 0 aliphatic heterocycles. The lowest BCUT2D eigenvalue weighted by molar-refractivity contribution is -0.145. The van der Waals surface area contributed by atoms with E-state index < -0.39 is 0 Å². The van der Waals surface area contributed by atoms with Gasteiger partial charge in [-0.15, -0.1) is 24.0 Å². The SMILES string of the molecule is CCCNC(=NC)NC1CC(OCC)C12CCCCC2.I. The first-order chi connectivity index (χ1) is 9.76. The molecule has 2 N–H and O–H groups in total. The summed E-state index contributed by atoms with van der Waals surface area (Å²) in [5, 5.41) is 7.03. The van der Waals surface area contributed by atoms with E-state index in [0.717, 1.165) is 32.0 Å². The maximum Gasteiger partial charge on any atom is 0.191 e. The van der Waals surface area contributed by atoms with Gasteiger partial charge in [0.25, 0.3) is 0 Å². The maximum atomic E-state index is 6.00. The number of aliphatic imine (C=N–C) groups is 1. The van der Waals surface area contributed by atoms with Gasteiger partial charge in [0.1, 0.15) is 0 Å². The third kappa shape index (κ3) is 4.24. The fourth-order valence-electron chi connectivity index (χ4n) is 3.87. The zero-order valence-electron chi connectivity index (χ0n) is 13.8. The molecule has 0 saturated heterocycles. The Labute approximate surface area is 146 Å². The zero-order valence-corrected chi connectivity index (χ0v) is 16.1. The Kier molecular flexibility index (Phi) is 8.31. The van der Waals surface area contributed by atoms with Gasteiger partial charge in [-0.2, -0.15) is 0 Å². The minimum absolute atomic E-state index is 0. The van der Waals surface area contributed by atoms with Gasteiger partial charge in [-0.1, -0.05) is 26.2 Å². The molecule has 0 amide bonds. The highest BCUT2D eigenvalue weighted by Gasteiger charge is 2.55. The molecule has 1 spiro atoms.